The fourth-order valence-corrected chi connectivity index (χ4v) is 4.67. The monoisotopic (exact) mass is 418 g/mol. The summed E-state index contributed by atoms with van der Waals surface area (Å²) in [5, 5.41) is 2.14. The van der Waals surface area contributed by atoms with E-state index in [4.69, 9.17) is 11.6 Å². The molecule has 2 unspecified atom stereocenters. The Hall–Kier alpha value is -2.98. The number of allylic oxidation sites excluding steroid dienone is 1. The summed E-state index contributed by atoms with van der Waals surface area (Å²) in [5.41, 5.74) is 3.85. The number of fused-ring (bicyclic) bond motifs is 3. The fraction of sp³-hybridized carbons (Fsp3) is 0.200. The van der Waals surface area contributed by atoms with Crippen LogP contribution in [0.2, 0.25) is 0 Å². The number of carbonyl (C=O) groups excluding carboxylic acids is 1. The van der Waals surface area contributed by atoms with Crippen LogP contribution >= 0.6 is 11.6 Å². The Bertz CT molecular complexity index is 1230. The first-order valence-electron chi connectivity index (χ1n) is 10.0. The van der Waals surface area contributed by atoms with Crippen LogP contribution in [0, 0.1) is 5.82 Å². The largest absolute Gasteiger partial charge is 0.298 e. The normalized spacial score (nSPS) is 20.6. The molecule has 0 aliphatic carbocycles. The van der Waals surface area contributed by atoms with Gasteiger partial charge in [-0.15, -0.1) is 0 Å². The molecule has 3 aromatic rings. The van der Waals surface area contributed by atoms with Gasteiger partial charge in [-0.1, -0.05) is 54.1 Å². The molecule has 0 spiro atoms. The van der Waals surface area contributed by atoms with Crippen LogP contribution < -0.4 is 4.90 Å². The molecular formula is C25H20ClFN2O. The molecule has 2 aliphatic heterocycles. The third-order valence-electron chi connectivity index (χ3n) is 5.91. The molecule has 150 valence electrons. The number of para-hydroxylation sites is 1. The Balaban J connectivity index is 1.64. The van der Waals surface area contributed by atoms with E-state index in [1.54, 1.807) is 23.1 Å². The fourth-order valence-electron chi connectivity index (χ4n) is 4.52. The van der Waals surface area contributed by atoms with Crippen molar-refractivity contribution < 1.29 is 9.18 Å². The van der Waals surface area contributed by atoms with Gasteiger partial charge in [0.05, 0.1) is 11.7 Å². The van der Waals surface area contributed by atoms with Gasteiger partial charge in [0.15, 0.2) is 0 Å². The number of anilines is 1. The van der Waals surface area contributed by atoms with Gasteiger partial charge in [0.1, 0.15) is 11.3 Å². The van der Waals surface area contributed by atoms with Crippen LogP contribution in [0.15, 0.2) is 71.2 Å². The number of amides is 1. The van der Waals surface area contributed by atoms with Gasteiger partial charge >= 0.3 is 0 Å². The van der Waals surface area contributed by atoms with E-state index in [1.807, 2.05) is 37.4 Å². The summed E-state index contributed by atoms with van der Waals surface area (Å²) in [4.78, 5) is 19.3. The lowest BCUT2D eigenvalue weighted by atomic mass is 9.90. The Labute approximate surface area is 179 Å². The number of alkyl halides is 1. The van der Waals surface area contributed by atoms with Gasteiger partial charge in [-0.25, -0.2) is 4.39 Å². The van der Waals surface area contributed by atoms with E-state index in [-0.39, 0.29) is 17.5 Å². The average Bonchev–Trinajstić information content (AvgIpc) is 3.00. The quantitative estimate of drug-likeness (QED) is 0.367. The third-order valence-corrected chi connectivity index (χ3v) is 6.20. The molecule has 1 amide bonds. The highest BCUT2D eigenvalue weighted by molar-refractivity contribution is 6.21. The summed E-state index contributed by atoms with van der Waals surface area (Å²) in [6.07, 6.45) is 5.29. The first-order chi connectivity index (χ1) is 14.5. The summed E-state index contributed by atoms with van der Waals surface area (Å²) in [6.45, 7) is 1.96. The van der Waals surface area contributed by atoms with Gasteiger partial charge in [0.25, 0.3) is 5.91 Å². The lowest BCUT2D eigenvalue weighted by molar-refractivity contribution is 0.0991. The van der Waals surface area contributed by atoms with Gasteiger partial charge in [0, 0.05) is 18.2 Å². The molecule has 2 atom stereocenters. The molecule has 0 saturated heterocycles. The number of hydrogen-bond donors (Lipinski definition) is 0. The van der Waals surface area contributed by atoms with Crippen LogP contribution in [0.5, 0.6) is 0 Å². The summed E-state index contributed by atoms with van der Waals surface area (Å²) < 4.78 is 14.5. The van der Waals surface area contributed by atoms with Crippen LogP contribution in [-0.2, 0) is 6.42 Å². The number of carbonyl (C=O) groups is 1. The maximum atomic E-state index is 14.5. The van der Waals surface area contributed by atoms with Crippen molar-refractivity contribution in [2.24, 2.45) is 4.99 Å². The molecule has 0 saturated carbocycles. The molecule has 0 aromatic heterocycles. The minimum Gasteiger partial charge on any atom is -0.298 e. The highest BCUT2D eigenvalue weighted by Crippen LogP contribution is 2.43. The third kappa shape index (κ3) is 3.03. The summed E-state index contributed by atoms with van der Waals surface area (Å²) >= 11 is 6.06. The van der Waals surface area contributed by atoms with Crippen LogP contribution in [0.25, 0.3) is 10.8 Å². The predicted octanol–water partition coefficient (Wildman–Crippen LogP) is 6.21. The predicted molar refractivity (Wildman–Crippen MR) is 120 cm³/mol. The molecule has 0 bridgehead atoms. The Morgan fingerprint density at radius 1 is 1.13 bits per heavy atom. The van der Waals surface area contributed by atoms with Gasteiger partial charge < -0.3 is 0 Å². The number of rotatable bonds is 3. The standard InChI is InChI=1S/C25H20ClFN2O/c1-15-24-19-7-3-2-6-18(19)17(12-16-10-11-23(26)28-14-16)13-20(24)25(30)29(15)22-9-5-4-8-21(22)27/h2-10,13-15,23H,11-12H2,1H3. The molecule has 3 aromatic carbocycles. The molecule has 0 radical (unpaired) electrons. The molecule has 2 heterocycles. The zero-order chi connectivity index (χ0) is 20.8. The molecular weight excluding hydrogens is 399 g/mol. The maximum Gasteiger partial charge on any atom is 0.259 e. The molecule has 2 aliphatic rings. The van der Waals surface area contributed by atoms with E-state index < -0.39 is 5.82 Å². The molecule has 0 N–H and O–H groups in total. The second-order valence-corrected chi connectivity index (χ2v) is 8.25. The van der Waals surface area contributed by atoms with E-state index in [0.29, 0.717) is 24.1 Å². The molecule has 5 heteroatoms. The number of dihydropyridines is 1. The number of aliphatic imine (C=N–C) groups is 1. The summed E-state index contributed by atoms with van der Waals surface area (Å²) in [6, 6.07) is 16.3. The van der Waals surface area contributed by atoms with Crippen molar-refractivity contribution in [1.29, 1.82) is 0 Å². The number of hydrogen-bond acceptors (Lipinski definition) is 2. The van der Waals surface area contributed by atoms with Crippen molar-refractivity contribution in [3.05, 3.63) is 88.8 Å². The lowest BCUT2D eigenvalue weighted by Gasteiger charge is -2.23. The van der Waals surface area contributed by atoms with Crippen LogP contribution in [0.1, 0.15) is 40.9 Å². The SMILES string of the molecule is CC1c2c(cc(CC3=CCC(Cl)N=C3)c3ccccc23)C(=O)N1c1ccccc1F. The van der Waals surface area contributed by atoms with Crippen molar-refractivity contribution in [3.8, 4) is 0 Å². The van der Waals surface area contributed by atoms with Crippen molar-refractivity contribution in [2.45, 2.75) is 31.3 Å². The topological polar surface area (TPSA) is 32.7 Å². The van der Waals surface area contributed by atoms with Gasteiger partial charge in [-0.2, -0.15) is 0 Å². The number of nitrogens with zero attached hydrogens (tertiary/aromatic N) is 2. The molecule has 30 heavy (non-hydrogen) atoms. The van der Waals surface area contributed by atoms with E-state index >= 15 is 0 Å². The van der Waals surface area contributed by atoms with Crippen molar-refractivity contribution in [1.82, 2.24) is 0 Å². The Morgan fingerprint density at radius 3 is 2.60 bits per heavy atom. The highest BCUT2D eigenvalue weighted by atomic mass is 35.5. The van der Waals surface area contributed by atoms with Gasteiger partial charge in [-0.05, 0) is 59.0 Å². The van der Waals surface area contributed by atoms with Crippen LogP contribution in [-0.4, -0.2) is 17.6 Å². The summed E-state index contributed by atoms with van der Waals surface area (Å²) in [7, 11) is 0. The zero-order valence-corrected chi connectivity index (χ0v) is 17.2. The van der Waals surface area contributed by atoms with E-state index in [1.165, 1.54) is 6.07 Å². The molecule has 5 rings (SSSR count). The molecule has 0 fully saturated rings. The second-order valence-electron chi connectivity index (χ2n) is 7.75. The van der Waals surface area contributed by atoms with Crippen molar-refractivity contribution in [2.75, 3.05) is 4.90 Å². The number of halogens is 2. The molecule has 3 nitrogen and oxygen atoms in total. The minimum atomic E-state index is -0.394. The van der Waals surface area contributed by atoms with Crippen molar-refractivity contribution >= 4 is 40.2 Å². The van der Waals surface area contributed by atoms with Gasteiger partial charge in [0.2, 0.25) is 0 Å². The first kappa shape index (κ1) is 19.0. The Kier molecular flexibility index (Phi) is 4.67. The van der Waals surface area contributed by atoms with E-state index in [9.17, 15) is 9.18 Å². The van der Waals surface area contributed by atoms with E-state index in [0.717, 1.165) is 27.5 Å². The van der Waals surface area contributed by atoms with Gasteiger partial charge in [-0.3, -0.25) is 14.7 Å². The van der Waals surface area contributed by atoms with Crippen LogP contribution in [0.4, 0.5) is 10.1 Å². The minimum absolute atomic E-state index is 0.165. The second kappa shape index (κ2) is 7.37. The number of benzene rings is 3. The van der Waals surface area contributed by atoms with E-state index in [2.05, 4.69) is 17.1 Å². The average molecular weight is 419 g/mol. The Morgan fingerprint density at radius 2 is 1.87 bits per heavy atom. The first-order valence-corrected chi connectivity index (χ1v) is 10.5. The summed E-state index contributed by atoms with van der Waals surface area (Å²) in [5.74, 6) is -0.559. The van der Waals surface area contributed by atoms with Crippen molar-refractivity contribution in [3.63, 3.8) is 0 Å². The lowest BCUT2D eigenvalue weighted by Crippen LogP contribution is -2.27. The smallest absolute Gasteiger partial charge is 0.259 e. The zero-order valence-electron chi connectivity index (χ0n) is 16.5. The van der Waals surface area contributed by atoms with Crippen LogP contribution in [0.3, 0.4) is 0 Å². The highest BCUT2D eigenvalue weighted by Gasteiger charge is 2.38. The maximum absolute atomic E-state index is 14.5.